The molecular formula is C12H18N2O. The fourth-order valence-corrected chi connectivity index (χ4v) is 2.44. The van der Waals surface area contributed by atoms with Gasteiger partial charge in [-0.05, 0) is 19.9 Å². The van der Waals surface area contributed by atoms with Crippen LogP contribution in [0.1, 0.15) is 19.8 Å². The summed E-state index contributed by atoms with van der Waals surface area (Å²) in [4.78, 5) is 16.7. The van der Waals surface area contributed by atoms with E-state index in [2.05, 4.69) is 21.6 Å². The van der Waals surface area contributed by atoms with Crippen molar-refractivity contribution in [2.45, 2.75) is 25.8 Å². The third-order valence-corrected chi connectivity index (χ3v) is 3.31. The van der Waals surface area contributed by atoms with E-state index < -0.39 is 0 Å². The van der Waals surface area contributed by atoms with Crippen molar-refractivity contribution < 1.29 is 4.79 Å². The molecule has 0 saturated carbocycles. The zero-order valence-electron chi connectivity index (χ0n) is 9.33. The van der Waals surface area contributed by atoms with Crippen LogP contribution in [-0.2, 0) is 4.79 Å². The van der Waals surface area contributed by atoms with E-state index in [1.807, 2.05) is 0 Å². The normalized spacial score (nSPS) is 34.1. The summed E-state index contributed by atoms with van der Waals surface area (Å²) in [6.45, 7) is 7.12. The van der Waals surface area contributed by atoms with Gasteiger partial charge < -0.3 is 4.90 Å². The van der Waals surface area contributed by atoms with Gasteiger partial charge in [-0.15, -0.1) is 5.92 Å². The number of fused-ring (bicyclic) bond motifs is 4. The molecule has 0 amide bonds. The molecule has 3 aliphatic rings. The van der Waals surface area contributed by atoms with Gasteiger partial charge >= 0.3 is 0 Å². The minimum Gasteiger partial charge on any atom is -0.300 e. The number of hydrogen-bond acceptors (Lipinski definition) is 3. The molecule has 0 radical (unpaired) electrons. The van der Waals surface area contributed by atoms with Crippen LogP contribution in [0.2, 0.25) is 0 Å². The Morgan fingerprint density at radius 2 is 2.20 bits per heavy atom. The first kappa shape index (κ1) is 10.7. The molecule has 0 aromatic heterocycles. The minimum absolute atomic E-state index is 0.113. The highest BCUT2D eigenvalue weighted by atomic mass is 16.1. The molecular weight excluding hydrogens is 188 g/mol. The van der Waals surface area contributed by atoms with Gasteiger partial charge in [0.25, 0.3) is 0 Å². The smallest absolute Gasteiger partial charge is 0.163 e. The van der Waals surface area contributed by atoms with E-state index in [0.29, 0.717) is 12.2 Å². The predicted octanol–water partition coefficient (Wildman–Crippen LogP) is 0.359. The lowest BCUT2D eigenvalue weighted by Gasteiger charge is -2.36. The average molecular weight is 206 g/mol. The zero-order valence-corrected chi connectivity index (χ0v) is 9.33. The van der Waals surface area contributed by atoms with Crippen molar-refractivity contribution in [2.75, 3.05) is 32.7 Å². The minimum atomic E-state index is 0.113. The predicted molar refractivity (Wildman–Crippen MR) is 59.5 cm³/mol. The van der Waals surface area contributed by atoms with Gasteiger partial charge in [0, 0.05) is 26.2 Å². The van der Waals surface area contributed by atoms with Crippen molar-refractivity contribution in [2.24, 2.45) is 0 Å². The Morgan fingerprint density at radius 3 is 3.00 bits per heavy atom. The van der Waals surface area contributed by atoms with Gasteiger partial charge in [0.15, 0.2) is 5.78 Å². The number of rotatable bonds is 2. The van der Waals surface area contributed by atoms with Crippen LogP contribution in [0.15, 0.2) is 0 Å². The van der Waals surface area contributed by atoms with E-state index in [9.17, 15) is 4.79 Å². The Hall–Kier alpha value is -0.850. The average Bonchev–Trinajstić information content (AvgIpc) is 2.60. The summed E-state index contributed by atoms with van der Waals surface area (Å²) in [5.74, 6) is 5.98. The molecule has 15 heavy (non-hydrogen) atoms. The molecule has 82 valence electrons. The van der Waals surface area contributed by atoms with Gasteiger partial charge in [-0.2, -0.15) is 0 Å². The Balaban J connectivity index is 2.01. The highest BCUT2D eigenvalue weighted by Crippen LogP contribution is 2.16. The number of nitrogens with zero attached hydrogens (tertiary/aromatic N) is 2. The summed E-state index contributed by atoms with van der Waals surface area (Å²) in [6.07, 6.45) is 1.62. The highest BCUT2D eigenvalue weighted by molar-refractivity contribution is 5.86. The number of Topliss-reactive ketones (excluding diaryl/α,β-unsaturated/α-hetero) is 1. The van der Waals surface area contributed by atoms with E-state index in [4.69, 9.17) is 0 Å². The van der Waals surface area contributed by atoms with E-state index in [1.54, 1.807) is 6.92 Å². The van der Waals surface area contributed by atoms with Gasteiger partial charge in [-0.1, -0.05) is 5.92 Å². The first-order chi connectivity index (χ1) is 7.31. The summed E-state index contributed by atoms with van der Waals surface area (Å²) in [7, 11) is 0. The summed E-state index contributed by atoms with van der Waals surface area (Å²) < 4.78 is 0. The Kier molecular flexibility index (Phi) is 3.40. The van der Waals surface area contributed by atoms with E-state index in [1.165, 1.54) is 6.42 Å². The molecule has 3 heterocycles. The van der Waals surface area contributed by atoms with Crippen LogP contribution in [0.25, 0.3) is 0 Å². The van der Waals surface area contributed by atoms with Crippen LogP contribution in [-0.4, -0.2) is 54.3 Å². The zero-order chi connectivity index (χ0) is 10.7. The maximum Gasteiger partial charge on any atom is 0.163 e. The highest BCUT2D eigenvalue weighted by Gasteiger charge is 2.33. The summed E-state index contributed by atoms with van der Waals surface area (Å²) in [5, 5.41) is 0. The molecule has 0 aromatic rings. The van der Waals surface area contributed by atoms with Crippen LogP contribution in [0, 0.1) is 11.8 Å². The Bertz CT molecular complexity index is 298. The molecule has 3 heteroatoms. The van der Waals surface area contributed by atoms with Gasteiger partial charge in [0.05, 0.1) is 12.5 Å². The lowest BCUT2D eigenvalue weighted by molar-refractivity contribution is -0.124. The summed E-state index contributed by atoms with van der Waals surface area (Å²) in [6, 6.07) is 0.113. The third-order valence-electron chi connectivity index (χ3n) is 3.31. The lowest BCUT2D eigenvalue weighted by atomic mass is 10.1. The molecule has 3 aliphatic heterocycles. The van der Waals surface area contributed by atoms with Crippen molar-refractivity contribution in [3.63, 3.8) is 0 Å². The van der Waals surface area contributed by atoms with Crippen molar-refractivity contribution in [1.29, 1.82) is 0 Å². The fourth-order valence-electron chi connectivity index (χ4n) is 2.44. The first-order valence-corrected chi connectivity index (χ1v) is 5.70. The van der Waals surface area contributed by atoms with E-state index in [-0.39, 0.29) is 6.04 Å². The molecule has 0 N–H and O–H groups in total. The first-order valence-electron chi connectivity index (χ1n) is 5.70. The van der Waals surface area contributed by atoms with Crippen molar-refractivity contribution in [1.82, 2.24) is 9.80 Å². The second-order valence-corrected chi connectivity index (χ2v) is 4.28. The van der Waals surface area contributed by atoms with Crippen LogP contribution in [0.3, 0.4) is 0 Å². The monoisotopic (exact) mass is 206 g/mol. The van der Waals surface area contributed by atoms with Crippen molar-refractivity contribution in [3.05, 3.63) is 0 Å². The second-order valence-electron chi connectivity index (χ2n) is 4.28. The molecule has 3 nitrogen and oxygen atoms in total. The van der Waals surface area contributed by atoms with Crippen LogP contribution in [0.5, 0.6) is 0 Å². The van der Waals surface area contributed by atoms with Crippen LogP contribution in [0.4, 0.5) is 0 Å². The van der Waals surface area contributed by atoms with Gasteiger partial charge in [-0.3, -0.25) is 9.69 Å². The summed E-state index contributed by atoms with van der Waals surface area (Å²) in [5.41, 5.74) is 0. The molecule has 0 spiro atoms. The molecule has 3 rings (SSSR count). The molecule has 3 atom stereocenters. The molecule has 3 fully saturated rings. The van der Waals surface area contributed by atoms with Crippen molar-refractivity contribution in [3.8, 4) is 11.8 Å². The molecule has 3 unspecified atom stereocenters. The number of hydrogen-bond donors (Lipinski definition) is 0. The third kappa shape index (κ3) is 2.39. The molecule has 2 bridgehead atoms. The number of piperazine rings is 1. The van der Waals surface area contributed by atoms with Crippen LogP contribution >= 0.6 is 0 Å². The van der Waals surface area contributed by atoms with E-state index >= 15 is 0 Å². The largest absolute Gasteiger partial charge is 0.300 e. The topological polar surface area (TPSA) is 23.6 Å². The van der Waals surface area contributed by atoms with Crippen molar-refractivity contribution >= 4 is 5.78 Å². The van der Waals surface area contributed by atoms with Gasteiger partial charge in [0.1, 0.15) is 0 Å². The Labute approximate surface area is 91.4 Å². The SMILES string of the molecule is CC#CCC(=O)C1CN2CCCN1CC2. The fraction of sp³-hybridized carbons (Fsp3) is 0.750. The summed E-state index contributed by atoms with van der Waals surface area (Å²) >= 11 is 0. The standard InChI is InChI=1S/C12H18N2O/c1-2-3-5-12(15)11-10-13-6-4-7-14(11)9-8-13/h11H,4-10H2,1H3. The number of carbonyl (C=O) groups is 1. The molecule has 0 aliphatic carbocycles. The van der Waals surface area contributed by atoms with Crippen LogP contribution < -0.4 is 0 Å². The van der Waals surface area contributed by atoms with Gasteiger partial charge in [-0.25, -0.2) is 0 Å². The second kappa shape index (κ2) is 4.78. The quantitative estimate of drug-likeness (QED) is 0.609. The maximum absolute atomic E-state index is 11.9. The van der Waals surface area contributed by atoms with E-state index in [0.717, 1.165) is 32.7 Å². The lowest BCUT2D eigenvalue weighted by Crippen LogP contribution is -2.53. The number of ketones is 1. The Morgan fingerprint density at radius 1 is 1.33 bits per heavy atom. The van der Waals surface area contributed by atoms with Gasteiger partial charge in [0.2, 0.25) is 0 Å². The molecule has 3 saturated heterocycles. The number of carbonyl (C=O) groups excluding carboxylic acids is 1. The maximum atomic E-state index is 11.9. The molecule has 0 aromatic carbocycles.